The van der Waals surface area contributed by atoms with Crippen LogP contribution in [0.5, 0.6) is 0 Å². The Morgan fingerprint density at radius 1 is 1.35 bits per heavy atom. The average molecular weight is 236 g/mol. The highest BCUT2D eigenvalue weighted by Gasteiger charge is 2.23. The Balaban J connectivity index is 2.40. The number of aliphatic hydroxyl groups excluding tert-OH is 1. The van der Waals surface area contributed by atoms with Gasteiger partial charge < -0.3 is 9.84 Å². The third kappa shape index (κ3) is 4.57. The zero-order valence-electron chi connectivity index (χ0n) is 10.4. The maximum atomic E-state index is 11.4. The largest absolute Gasteiger partial charge is 0.469 e. The fourth-order valence-corrected chi connectivity index (χ4v) is 1.88. The molecular weight excluding hydrogens is 216 g/mol. The number of carbonyl (C=O) groups excluding carboxylic acids is 1. The van der Waals surface area contributed by atoms with Crippen LogP contribution in [0.1, 0.15) is 25.3 Å². The number of ether oxygens (including phenoxy) is 1. The molecule has 3 heteroatoms. The van der Waals surface area contributed by atoms with E-state index in [1.165, 1.54) is 12.7 Å². The van der Waals surface area contributed by atoms with Crippen molar-refractivity contribution in [1.82, 2.24) is 0 Å². The standard InChI is InChI=1S/C14H20O3/c1-11(15)13(14(16)17-2)10-6-9-12-7-4-3-5-8-12/h3-5,7-8,11,13,15H,6,9-10H2,1-2H3/t11-,13-/m0/s1. The monoisotopic (exact) mass is 236 g/mol. The molecule has 0 amide bonds. The first-order chi connectivity index (χ1) is 8.15. The van der Waals surface area contributed by atoms with E-state index in [1.54, 1.807) is 6.92 Å². The van der Waals surface area contributed by atoms with Crippen molar-refractivity contribution in [2.45, 2.75) is 32.3 Å². The number of methoxy groups -OCH3 is 1. The third-order valence-corrected chi connectivity index (χ3v) is 2.91. The van der Waals surface area contributed by atoms with Crippen LogP contribution in [0.15, 0.2) is 30.3 Å². The first-order valence-electron chi connectivity index (χ1n) is 5.95. The Kier molecular flexibility index (Phi) is 5.70. The number of rotatable bonds is 6. The van der Waals surface area contributed by atoms with E-state index < -0.39 is 12.0 Å². The summed E-state index contributed by atoms with van der Waals surface area (Å²) in [6.45, 7) is 1.63. The average Bonchev–Trinajstić information content (AvgIpc) is 2.34. The quantitative estimate of drug-likeness (QED) is 0.770. The van der Waals surface area contributed by atoms with Crippen molar-refractivity contribution >= 4 is 5.97 Å². The molecule has 0 bridgehead atoms. The Labute approximate surface area is 102 Å². The second-order valence-corrected chi connectivity index (χ2v) is 4.25. The van der Waals surface area contributed by atoms with E-state index in [2.05, 4.69) is 16.9 Å². The number of hydrogen-bond donors (Lipinski definition) is 1. The van der Waals surface area contributed by atoms with Gasteiger partial charge in [0.2, 0.25) is 0 Å². The molecular formula is C14H20O3. The van der Waals surface area contributed by atoms with Crippen LogP contribution < -0.4 is 0 Å². The Morgan fingerprint density at radius 3 is 2.53 bits per heavy atom. The lowest BCUT2D eigenvalue weighted by Gasteiger charge is -2.17. The molecule has 0 saturated carbocycles. The molecule has 0 heterocycles. The molecule has 0 unspecified atom stereocenters. The number of hydrogen-bond acceptors (Lipinski definition) is 3. The summed E-state index contributed by atoms with van der Waals surface area (Å²) in [4.78, 5) is 11.4. The predicted octanol–water partition coefficient (Wildman–Crippen LogP) is 2.18. The Bertz CT molecular complexity index is 333. The zero-order chi connectivity index (χ0) is 12.7. The van der Waals surface area contributed by atoms with Crippen LogP contribution in [0.25, 0.3) is 0 Å². The van der Waals surface area contributed by atoms with Crippen molar-refractivity contribution in [3.8, 4) is 0 Å². The van der Waals surface area contributed by atoms with Gasteiger partial charge in [-0.15, -0.1) is 0 Å². The molecule has 1 aromatic carbocycles. The van der Waals surface area contributed by atoms with Crippen LogP contribution in [0.2, 0.25) is 0 Å². The summed E-state index contributed by atoms with van der Waals surface area (Å²) < 4.78 is 4.68. The molecule has 0 aliphatic carbocycles. The van der Waals surface area contributed by atoms with Gasteiger partial charge in [-0.05, 0) is 31.7 Å². The summed E-state index contributed by atoms with van der Waals surface area (Å²) in [5.74, 6) is -0.739. The number of aryl methyl sites for hydroxylation is 1. The molecule has 0 fully saturated rings. The van der Waals surface area contributed by atoms with Gasteiger partial charge in [0.15, 0.2) is 0 Å². The minimum Gasteiger partial charge on any atom is -0.469 e. The van der Waals surface area contributed by atoms with Crippen LogP contribution in [0.4, 0.5) is 0 Å². The van der Waals surface area contributed by atoms with E-state index >= 15 is 0 Å². The van der Waals surface area contributed by atoms with Gasteiger partial charge in [-0.25, -0.2) is 0 Å². The molecule has 0 aliphatic rings. The minimum atomic E-state index is -0.654. The second kappa shape index (κ2) is 7.07. The number of benzene rings is 1. The number of esters is 1. The van der Waals surface area contributed by atoms with Gasteiger partial charge >= 0.3 is 5.97 Å². The number of aliphatic hydroxyl groups is 1. The maximum absolute atomic E-state index is 11.4. The van der Waals surface area contributed by atoms with E-state index in [-0.39, 0.29) is 5.97 Å². The third-order valence-electron chi connectivity index (χ3n) is 2.91. The fraction of sp³-hybridized carbons (Fsp3) is 0.500. The van der Waals surface area contributed by atoms with E-state index in [4.69, 9.17) is 0 Å². The van der Waals surface area contributed by atoms with E-state index in [0.717, 1.165) is 12.8 Å². The Morgan fingerprint density at radius 2 is 2.00 bits per heavy atom. The van der Waals surface area contributed by atoms with Gasteiger partial charge in [0.05, 0.1) is 19.1 Å². The first-order valence-corrected chi connectivity index (χ1v) is 5.95. The van der Waals surface area contributed by atoms with Gasteiger partial charge in [-0.2, -0.15) is 0 Å². The number of carbonyl (C=O) groups is 1. The second-order valence-electron chi connectivity index (χ2n) is 4.25. The van der Waals surface area contributed by atoms with Gasteiger partial charge in [-0.1, -0.05) is 30.3 Å². The molecule has 17 heavy (non-hydrogen) atoms. The highest BCUT2D eigenvalue weighted by Crippen LogP contribution is 2.15. The summed E-state index contributed by atoms with van der Waals surface area (Å²) in [6.07, 6.45) is 1.79. The zero-order valence-corrected chi connectivity index (χ0v) is 10.4. The van der Waals surface area contributed by atoms with Crippen molar-refractivity contribution in [2.75, 3.05) is 7.11 Å². The first kappa shape index (κ1) is 13.7. The molecule has 1 N–H and O–H groups in total. The smallest absolute Gasteiger partial charge is 0.311 e. The SMILES string of the molecule is COC(=O)[C@@H](CCCc1ccccc1)[C@H](C)O. The lowest BCUT2D eigenvalue weighted by Crippen LogP contribution is -2.27. The van der Waals surface area contributed by atoms with Crippen LogP contribution in [0.3, 0.4) is 0 Å². The molecule has 2 atom stereocenters. The maximum Gasteiger partial charge on any atom is 0.311 e. The molecule has 94 valence electrons. The molecule has 0 spiro atoms. The van der Waals surface area contributed by atoms with Crippen molar-refractivity contribution in [3.05, 3.63) is 35.9 Å². The highest BCUT2D eigenvalue weighted by atomic mass is 16.5. The van der Waals surface area contributed by atoms with Crippen LogP contribution in [0, 0.1) is 5.92 Å². The molecule has 1 aromatic rings. The molecule has 0 radical (unpaired) electrons. The lowest BCUT2D eigenvalue weighted by molar-refractivity contribution is -0.149. The van der Waals surface area contributed by atoms with Gasteiger partial charge in [0.25, 0.3) is 0 Å². The summed E-state index contributed by atoms with van der Waals surface area (Å²) in [7, 11) is 1.36. The van der Waals surface area contributed by atoms with Crippen LogP contribution in [-0.4, -0.2) is 24.3 Å². The lowest BCUT2D eigenvalue weighted by atomic mass is 9.95. The summed E-state index contributed by atoms with van der Waals surface area (Å²) in [5.41, 5.74) is 1.25. The molecule has 0 saturated heterocycles. The fourth-order valence-electron chi connectivity index (χ4n) is 1.88. The minimum absolute atomic E-state index is 0.326. The van der Waals surface area contributed by atoms with E-state index in [1.807, 2.05) is 18.2 Å². The van der Waals surface area contributed by atoms with Crippen molar-refractivity contribution in [3.63, 3.8) is 0 Å². The van der Waals surface area contributed by atoms with Crippen molar-refractivity contribution in [2.24, 2.45) is 5.92 Å². The van der Waals surface area contributed by atoms with Crippen molar-refractivity contribution < 1.29 is 14.6 Å². The van der Waals surface area contributed by atoms with E-state index in [9.17, 15) is 9.90 Å². The van der Waals surface area contributed by atoms with Gasteiger partial charge in [0.1, 0.15) is 0 Å². The normalized spacial score (nSPS) is 14.1. The van der Waals surface area contributed by atoms with Crippen LogP contribution >= 0.6 is 0 Å². The Hall–Kier alpha value is -1.35. The highest BCUT2D eigenvalue weighted by molar-refractivity contribution is 5.72. The summed E-state index contributed by atoms with van der Waals surface area (Å²) >= 11 is 0. The van der Waals surface area contributed by atoms with Gasteiger partial charge in [0, 0.05) is 0 Å². The predicted molar refractivity (Wildman–Crippen MR) is 66.6 cm³/mol. The van der Waals surface area contributed by atoms with Crippen LogP contribution in [-0.2, 0) is 16.0 Å². The van der Waals surface area contributed by atoms with Gasteiger partial charge in [-0.3, -0.25) is 4.79 Å². The van der Waals surface area contributed by atoms with E-state index in [0.29, 0.717) is 6.42 Å². The topological polar surface area (TPSA) is 46.5 Å². The molecule has 0 aromatic heterocycles. The molecule has 1 rings (SSSR count). The summed E-state index contributed by atoms with van der Waals surface area (Å²) in [5, 5.41) is 9.51. The molecule has 0 aliphatic heterocycles. The molecule has 3 nitrogen and oxygen atoms in total. The van der Waals surface area contributed by atoms with Crippen molar-refractivity contribution in [1.29, 1.82) is 0 Å². The summed E-state index contributed by atoms with van der Waals surface area (Å²) in [6, 6.07) is 10.1.